The monoisotopic (exact) mass is 389 g/mol. The standard InChI is InChI=1S/C21H15N3OS2/c1-13(23-24-21-22-15-6-2-4-8-18(15)27-21)14-10-11-17-20(12-14)26-19-9-5-3-7-16(19)25-17/h2-12H,1H3,(H,22,24)/b23-13-. The molecule has 0 fully saturated rings. The zero-order chi connectivity index (χ0) is 18.2. The number of hydrazone groups is 1. The average Bonchev–Trinajstić information content (AvgIpc) is 3.13. The van der Waals surface area contributed by atoms with Crippen LogP contribution in [0.25, 0.3) is 10.2 Å². The Labute approximate surface area is 164 Å². The van der Waals surface area contributed by atoms with E-state index in [0.717, 1.165) is 47.9 Å². The molecule has 132 valence electrons. The van der Waals surface area contributed by atoms with E-state index in [4.69, 9.17) is 4.74 Å². The number of nitrogens with zero attached hydrogens (tertiary/aromatic N) is 2. The van der Waals surface area contributed by atoms with Crippen LogP contribution in [-0.2, 0) is 0 Å². The predicted octanol–water partition coefficient (Wildman–Crippen LogP) is 6.39. The van der Waals surface area contributed by atoms with Crippen LogP contribution in [0.2, 0.25) is 0 Å². The molecule has 0 unspecified atom stereocenters. The molecule has 0 aliphatic carbocycles. The molecule has 4 aromatic rings. The molecule has 3 aromatic carbocycles. The molecule has 0 amide bonds. The van der Waals surface area contributed by atoms with Gasteiger partial charge >= 0.3 is 0 Å². The van der Waals surface area contributed by atoms with Crippen molar-refractivity contribution in [3.63, 3.8) is 0 Å². The van der Waals surface area contributed by atoms with E-state index in [1.807, 2.05) is 55.5 Å². The van der Waals surface area contributed by atoms with Crippen LogP contribution < -0.4 is 10.2 Å². The summed E-state index contributed by atoms with van der Waals surface area (Å²) in [5.74, 6) is 1.79. The summed E-state index contributed by atoms with van der Waals surface area (Å²) in [6.45, 7) is 1.99. The van der Waals surface area contributed by atoms with Crippen molar-refractivity contribution in [2.24, 2.45) is 5.10 Å². The van der Waals surface area contributed by atoms with Crippen molar-refractivity contribution in [2.45, 2.75) is 16.7 Å². The fraction of sp³-hybridized carbons (Fsp3) is 0.0476. The van der Waals surface area contributed by atoms with E-state index >= 15 is 0 Å². The Morgan fingerprint density at radius 3 is 2.70 bits per heavy atom. The highest BCUT2D eigenvalue weighted by molar-refractivity contribution is 7.99. The minimum Gasteiger partial charge on any atom is -0.455 e. The van der Waals surface area contributed by atoms with Gasteiger partial charge in [0.2, 0.25) is 5.13 Å². The zero-order valence-corrected chi connectivity index (χ0v) is 16.1. The molecule has 4 nitrogen and oxygen atoms in total. The number of benzene rings is 3. The van der Waals surface area contributed by atoms with Crippen LogP contribution in [0, 0.1) is 0 Å². The van der Waals surface area contributed by atoms with Gasteiger partial charge in [0, 0.05) is 0 Å². The van der Waals surface area contributed by atoms with Crippen molar-refractivity contribution >= 4 is 44.2 Å². The van der Waals surface area contributed by atoms with Gasteiger partial charge in [0.1, 0.15) is 11.5 Å². The SMILES string of the molecule is C/C(=N/Nc1nc2ccccc2s1)c1ccc2c(c1)Sc1ccccc1O2. The first-order chi connectivity index (χ1) is 13.3. The lowest BCUT2D eigenvalue weighted by molar-refractivity contribution is 0.454. The van der Waals surface area contributed by atoms with Gasteiger partial charge in [0.25, 0.3) is 0 Å². The summed E-state index contributed by atoms with van der Waals surface area (Å²) in [4.78, 5) is 6.78. The third kappa shape index (κ3) is 3.18. The second kappa shape index (κ2) is 6.72. The fourth-order valence-electron chi connectivity index (χ4n) is 2.87. The summed E-state index contributed by atoms with van der Waals surface area (Å²) in [6.07, 6.45) is 0. The highest BCUT2D eigenvalue weighted by atomic mass is 32.2. The van der Waals surface area contributed by atoms with Gasteiger partial charge in [-0.15, -0.1) is 0 Å². The number of para-hydroxylation sites is 2. The number of ether oxygens (including phenoxy) is 1. The van der Waals surface area contributed by atoms with E-state index in [0.29, 0.717) is 0 Å². The summed E-state index contributed by atoms with van der Waals surface area (Å²) in [5, 5.41) is 5.31. The third-order valence-electron chi connectivity index (χ3n) is 4.26. The first kappa shape index (κ1) is 16.4. The molecule has 1 aromatic heterocycles. The predicted molar refractivity (Wildman–Crippen MR) is 113 cm³/mol. The molecule has 0 saturated heterocycles. The van der Waals surface area contributed by atoms with Gasteiger partial charge in [0.15, 0.2) is 0 Å². The maximum Gasteiger partial charge on any atom is 0.204 e. The first-order valence-corrected chi connectivity index (χ1v) is 10.1. The van der Waals surface area contributed by atoms with E-state index < -0.39 is 0 Å². The second-order valence-corrected chi connectivity index (χ2v) is 8.22. The zero-order valence-electron chi connectivity index (χ0n) is 14.5. The molecular formula is C21H15N3OS2. The summed E-state index contributed by atoms with van der Waals surface area (Å²) in [5.41, 5.74) is 6.02. The number of anilines is 1. The topological polar surface area (TPSA) is 46.5 Å². The Morgan fingerprint density at radius 2 is 1.78 bits per heavy atom. The van der Waals surface area contributed by atoms with Gasteiger partial charge in [-0.25, -0.2) is 4.98 Å². The third-order valence-corrected chi connectivity index (χ3v) is 6.30. The van der Waals surface area contributed by atoms with E-state index in [9.17, 15) is 0 Å². The van der Waals surface area contributed by atoms with Crippen LogP contribution in [-0.4, -0.2) is 10.7 Å². The Hall–Kier alpha value is -2.83. The van der Waals surface area contributed by atoms with Gasteiger partial charge in [-0.1, -0.05) is 47.4 Å². The van der Waals surface area contributed by atoms with Crippen molar-refractivity contribution < 1.29 is 4.74 Å². The van der Waals surface area contributed by atoms with Crippen molar-refractivity contribution in [1.29, 1.82) is 0 Å². The van der Waals surface area contributed by atoms with Crippen LogP contribution >= 0.6 is 23.1 Å². The van der Waals surface area contributed by atoms with Gasteiger partial charge < -0.3 is 4.74 Å². The highest BCUT2D eigenvalue weighted by Gasteiger charge is 2.18. The van der Waals surface area contributed by atoms with Gasteiger partial charge in [-0.05, 0) is 55.0 Å². The molecule has 0 bridgehead atoms. The lowest BCUT2D eigenvalue weighted by Gasteiger charge is -2.19. The lowest BCUT2D eigenvalue weighted by Crippen LogP contribution is -2.01. The Balaban J connectivity index is 1.39. The fourth-order valence-corrected chi connectivity index (χ4v) is 4.67. The number of fused-ring (bicyclic) bond motifs is 3. The maximum atomic E-state index is 5.99. The molecular weight excluding hydrogens is 374 g/mol. The number of rotatable bonds is 3. The van der Waals surface area contributed by atoms with Crippen LogP contribution in [0.15, 0.2) is 81.6 Å². The number of nitrogens with one attached hydrogen (secondary N) is 1. The molecule has 27 heavy (non-hydrogen) atoms. The van der Waals surface area contributed by atoms with E-state index in [-0.39, 0.29) is 0 Å². The van der Waals surface area contributed by atoms with Crippen LogP contribution in [0.4, 0.5) is 5.13 Å². The van der Waals surface area contributed by atoms with Crippen molar-refractivity contribution in [3.8, 4) is 11.5 Å². The highest BCUT2D eigenvalue weighted by Crippen LogP contribution is 2.46. The van der Waals surface area contributed by atoms with Crippen LogP contribution in [0.5, 0.6) is 11.5 Å². The number of thiazole rings is 1. The quantitative estimate of drug-likeness (QED) is 0.287. The molecule has 0 spiro atoms. The summed E-state index contributed by atoms with van der Waals surface area (Å²) in [7, 11) is 0. The molecule has 0 saturated carbocycles. The van der Waals surface area contributed by atoms with E-state index in [1.54, 1.807) is 23.1 Å². The molecule has 1 N–H and O–H groups in total. The maximum absolute atomic E-state index is 5.99. The smallest absolute Gasteiger partial charge is 0.204 e. The molecule has 0 radical (unpaired) electrons. The number of hydrogen-bond acceptors (Lipinski definition) is 6. The largest absolute Gasteiger partial charge is 0.455 e. The molecule has 0 atom stereocenters. The van der Waals surface area contributed by atoms with Crippen molar-refractivity contribution in [3.05, 3.63) is 72.3 Å². The van der Waals surface area contributed by atoms with Crippen molar-refractivity contribution in [2.75, 3.05) is 5.43 Å². The first-order valence-electron chi connectivity index (χ1n) is 8.51. The van der Waals surface area contributed by atoms with Crippen molar-refractivity contribution in [1.82, 2.24) is 4.98 Å². The molecule has 2 heterocycles. The summed E-state index contributed by atoms with van der Waals surface area (Å²) < 4.78 is 7.14. The average molecular weight is 390 g/mol. The Kier molecular flexibility index (Phi) is 4.07. The molecule has 5 rings (SSSR count). The van der Waals surface area contributed by atoms with E-state index in [2.05, 4.69) is 33.7 Å². The Morgan fingerprint density at radius 1 is 0.963 bits per heavy atom. The van der Waals surface area contributed by atoms with Gasteiger partial charge in [0.05, 0.1) is 25.7 Å². The second-order valence-electron chi connectivity index (χ2n) is 6.11. The number of hydrogen-bond donors (Lipinski definition) is 1. The minimum absolute atomic E-state index is 0.792. The van der Waals surface area contributed by atoms with Gasteiger partial charge in [-0.3, -0.25) is 5.43 Å². The lowest BCUT2D eigenvalue weighted by atomic mass is 10.1. The molecule has 1 aliphatic rings. The van der Waals surface area contributed by atoms with Gasteiger partial charge in [-0.2, -0.15) is 5.10 Å². The Bertz CT molecular complexity index is 1150. The minimum atomic E-state index is 0.792. The van der Waals surface area contributed by atoms with E-state index in [1.165, 1.54) is 0 Å². The summed E-state index contributed by atoms with van der Waals surface area (Å²) in [6, 6.07) is 22.3. The normalized spacial score (nSPS) is 13.0. The molecule has 6 heteroatoms. The molecule has 1 aliphatic heterocycles. The summed E-state index contributed by atoms with van der Waals surface area (Å²) >= 11 is 3.32. The number of aromatic nitrogens is 1. The van der Waals surface area contributed by atoms with Crippen LogP contribution in [0.1, 0.15) is 12.5 Å². The van der Waals surface area contributed by atoms with Crippen LogP contribution in [0.3, 0.4) is 0 Å².